The molecule has 31 heavy (non-hydrogen) atoms. The third-order valence-electron chi connectivity index (χ3n) is 4.05. The summed E-state index contributed by atoms with van der Waals surface area (Å²) >= 11 is 0. The molecule has 0 bridgehead atoms. The van der Waals surface area contributed by atoms with Crippen molar-refractivity contribution in [3.63, 3.8) is 0 Å². The van der Waals surface area contributed by atoms with Gasteiger partial charge in [0.15, 0.2) is 0 Å². The number of nitrogen functional groups attached to an aromatic ring is 1. The summed E-state index contributed by atoms with van der Waals surface area (Å²) in [5.41, 5.74) is 8.41. The second-order valence-electron chi connectivity index (χ2n) is 6.51. The Kier molecular flexibility index (Phi) is 13.5. The maximum absolute atomic E-state index is 12.5. The van der Waals surface area contributed by atoms with E-state index in [0.717, 1.165) is 40.4 Å². The predicted molar refractivity (Wildman–Crippen MR) is 129 cm³/mol. The van der Waals surface area contributed by atoms with Crippen LogP contribution in [0.1, 0.15) is 51.8 Å². The molecule has 1 heterocycles. The number of carbonyl (C=O) groups excluding carboxylic acids is 1. The summed E-state index contributed by atoms with van der Waals surface area (Å²) in [5, 5.41) is 0. The van der Waals surface area contributed by atoms with Crippen LogP contribution in [-0.4, -0.2) is 41.9 Å². The van der Waals surface area contributed by atoms with E-state index >= 15 is 0 Å². The molecule has 0 atom stereocenters. The van der Waals surface area contributed by atoms with Crippen molar-refractivity contribution < 1.29 is 22.9 Å². The number of nitrogens with two attached hydrogens (primary N) is 1. The number of carbonyl (C=O) groups is 1. The summed E-state index contributed by atoms with van der Waals surface area (Å²) in [5.74, 6) is 1.38. The van der Waals surface area contributed by atoms with E-state index < -0.39 is 7.82 Å². The van der Waals surface area contributed by atoms with E-state index in [9.17, 15) is 9.36 Å². The van der Waals surface area contributed by atoms with Gasteiger partial charge in [0, 0.05) is 34.0 Å². The zero-order chi connectivity index (χ0) is 23.3. The molecule has 0 radical (unpaired) electrons. The Labute approximate surface area is 193 Å². The lowest BCUT2D eigenvalue weighted by Crippen LogP contribution is -2.21. The Hall–Kier alpha value is -1.03. The van der Waals surface area contributed by atoms with Gasteiger partial charge in [-0.15, -0.1) is 0 Å². The average molecular weight is 492 g/mol. The number of hydrogen-bond acceptors (Lipinski definition) is 9. The van der Waals surface area contributed by atoms with Crippen molar-refractivity contribution in [3.05, 3.63) is 34.0 Å². The standard InChI is InChI=1S/C20H34N3O5PS2/c1-6-13-30-31-19(11-12-28-29(25,26-7-2)27-8-3)17(5)23(15-24)14-18-10-9-16(4)22-20(18)21/h9-10,15H,6-8,11-14H2,1-5H3,(H2,21,22). The molecule has 2 N–H and O–H groups in total. The van der Waals surface area contributed by atoms with Crippen molar-refractivity contribution in [2.24, 2.45) is 0 Å². The second kappa shape index (κ2) is 14.9. The van der Waals surface area contributed by atoms with Crippen LogP contribution in [0.2, 0.25) is 0 Å². The van der Waals surface area contributed by atoms with Gasteiger partial charge in [-0.1, -0.05) is 34.6 Å². The second-order valence-corrected chi connectivity index (χ2v) is 10.7. The minimum absolute atomic E-state index is 0.143. The molecule has 176 valence electrons. The highest BCUT2D eigenvalue weighted by Gasteiger charge is 2.25. The number of aromatic nitrogens is 1. The van der Waals surface area contributed by atoms with Crippen molar-refractivity contribution in [2.45, 2.75) is 54.0 Å². The Morgan fingerprint density at radius 1 is 1.23 bits per heavy atom. The highest BCUT2D eigenvalue weighted by molar-refractivity contribution is 8.78. The summed E-state index contributed by atoms with van der Waals surface area (Å²) in [6.45, 7) is 10.2. The molecular formula is C20H34N3O5PS2. The minimum Gasteiger partial charge on any atom is -0.383 e. The molecule has 8 nitrogen and oxygen atoms in total. The van der Waals surface area contributed by atoms with Crippen LogP contribution in [0.5, 0.6) is 0 Å². The highest BCUT2D eigenvalue weighted by atomic mass is 33.1. The Bertz CT molecular complexity index is 769. The Morgan fingerprint density at radius 3 is 2.45 bits per heavy atom. The van der Waals surface area contributed by atoms with E-state index in [1.807, 2.05) is 26.0 Å². The number of phosphoric ester groups is 1. The molecule has 0 spiro atoms. The lowest BCUT2D eigenvalue weighted by Gasteiger charge is -2.23. The van der Waals surface area contributed by atoms with Crippen LogP contribution < -0.4 is 5.73 Å². The summed E-state index contributed by atoms with van der Waals surface area (Å²) in [6.07, 6.45) is 2.28. The van der Waals surface area contributed by atoms with Crippen LogP contribution in [0, 0.1) is 6.92 Å². The van der Waals surface area contributed by atoms with Gasteiger partial charge in [-0.2, -0.15) is 0 Å². The minimum atomic E-state index is -3.58. The maximum atomic E-state index is 12.5. The molecule has 1 rings (SSSR count). The van der Waals surface area contributed by atoms with Gasteiger partial charge >= 0.3 is 7.82 Å². The fourth-order valence-corrected chi connectivity index (χ4v) is 6.23. The van der Waals surface area contributed by atoms with Crippen LogP contribution in [0.3, 0.4) is 0 Å². The van der Waals surface area contributed by atoms with Crippen molar-refractivity contribution in [1.29, 1.82) is 0 Å². The van der Waals surface area contributed by atoms with Crippen LogP contribution in [-0.2, 0) is 29.5 Å². The summed E-state index contributed by atoms with van der Waals surface area (Å²) in [4.78, 5) is 18.7. The van der Waals surface area contributed by atoms with Crippen LogP contribution in [0.4, 0.5) is 5.82 Å². The monoisotopic (exact) mass is 491 g/mol. The Morgan fingerprint density at radius 2 is 1.90 bits per heavy atom. The van der Waals surface area contributed by atoms with Crippen molar-refractivity contribution in [3.8, 4) is 0 Å². The van der Waals surface area contributed by atoms with Gasteiger partial charge in [-0.25, -0.2) is 9.55 Å². The zero-order valence-corrected chi connectivity index (χ0v) is 21.5. The molecule has 1 aromatic heterocycles. The SMILES string of the molecule is CCCSSC(CCOP(=O)(OCC)OCC)=C(C)N(C=O)Cc1ccc(C)nc1N. The Balaban J connectivity index is 2.99. The number of hydrogen-bond donors (Lipinski definition) is 1. The largest absolute Gasteiger partial charge is 0.474 e. The van der Waals surface area contributed by atoms with Crippen molar-refractivity contribution >= 4 is 41.6 Å². The number of aryl methyl sites for hydroxylation is 1. The lowest BCUT2D eigenvalue weighted by molar-refractivity contribution is -0.116. The zero-order valence-electron chi connectivity index (χ0n) is 19.0. The summed E-state index contributed by atoms with van der Waals surface area (Å²) in [6, 6.07) is 3.75. The number of allylic oxidation sites excluding steroid dienone is 1. The van der Waals surface area contributed by atoms with E-state index in [0.29, 0.717) is 18.8 Å². The number of pyridine rings is 1. The predicted octanol–water partition coefficient (Wildman–Crippen LogP) is 5.54. The normalized spacial score (nSPS) is 12.5. The van der Waals surface area contributed by atoms with Gasteiger partial charge in [0.05, 0.1) is 26.4 Å². The van der Waals surface area contributed by atoms with Gasteiger partial charge in [0.25, 0.3) is 0 Å². The van der Waals surface area contributed by atoms with Crippen molar-refractivity contribution in [1.82, 2.24) is 9.88 Å². The van der Waals surface area contributed by atoms with Gasteiger partial charge in [-0.05, 0) is 40.2 Å². The molecule has 0 fully saturated rings. The van der Waals surface area contributed by atoms with E-state index in [-0.39, 0.29) is 19.8 Å². The number of phosphoric acid groups is 1. The van der Waals surface area contributed by atoms with E-state index in [1.54, 1.807) is 40.3 Å². The molecule has 0 saturated heterocycles. The molecule has 0 aliphatic heterocycles. The van der Waals surface area contributed by atoms with Crippen LogP contribution in [0.25, 0.3) is 0 Å². The third kappa shape index (κ3) is 9.97. The highest BCUT2D eigenvalue weighted by Crippen LogP contribution is 2.49. The summed E-state index contributed by atoms with van der Waals surface area (Å²) in [7, 11) is -0.291. The van der Waals surface area contributed by atoms with Gasteiger partial charge in [0.1, 0.15) is 5.82 Å². The van der Waals surface area contributed by atoms with Gasteiger partial charge < -0.3 is 10.6 Å². The average Bonchev–Trinajstić information content (AvgIpc) is 2.72. The molecule has 1 aromatic rings. The smallest absolute Gasteiger partial charge is 0.383 e. The number of rotatable bonds is 16. The van der Waals surface area contributed by atoms with Gasteiger partial charge in [0.2, 0.25) is 6.41 Å². The van der Waals surface area contributed by atoms with E-state index in [4.69, 9.17) is 19.3 Å². The number of nitrogens with zero attached hydrogens (tertiary/aromatic N) is 2. The fourth-order valence-electron chi connectivity index (χ4n) is 2.48. The quantitative estimate of drug-likeness (QED) is 0.138. The molecule has 0 aromatic carbocycles. The maximum Gasteiger partial charge on any atom is 0.474 e. The first-order chi connectivity index (χ1) is 14.8. The van der Waals surface area contributed by atoms with E-state index in [1.165, 1.54) is 0 Å². The molecule has 0 aliphatic carbocycles. The number of amides is 1. The van der Waals surface area contributed by atoms with Gasteiger partial charge in [-0.3, -0.25) is 18.4 Å². The first-order valence-corrected chi connectivity index (χ1v) is 14.0. The fraction of sp³-hybridized carbons (Fsp3) is 0.600. The molecule has 0 aliphatic rings. The van der Waals surface area contributed by atoms with Crippen LogP contribution in [0.15, 0.2) is 22.7 Å². The molecule has 0 unspecified atom stereocenters. The molecule has 1 amide bonds. The number of anilines is 1. The van der Waals surface area contributed by atoms with Crippen molar-refractivity contribution in [2.75, 3.05) is 31.3 Å². The van der Waals surface area contributed by atoms with Crippen LogP contribution >= 0.6 is 29.4 Å². The molecule has 11 heteroatoms. The molecule has 0 saturated carbocycles. The molecular weight excluding hydrogens is 457 g/mol. The lowest BCUT2D eigenvalue weighted by atomic mass is 10.2. The topological polar surface area (TPSA) is 104 Å². The van der Waals surface area contributed by atoms with E-state index in [2.05, 4.69) is 11.9 Å². The first kappa shape index (κ1) is 28.0. The third-order valence-corrected chi connectivity index (χ3v) is 8.55. The summed E-state index contributed by atoms with van der Waals surface area (Å²) < 4.78 is 28.4. The first-order valence-electron chi connectivity index (χ1n) is 10.3.